The van der Waals surface area contributed by atoms with E-state index >= 15 is 0 Å². The summed E-state index contributed by atoms with van der Waals surface area (Å²) in [4.78, 5) is 26.8. The maximum absolute atomic E-state index is 13.2. The van der Waals surface area contributed by atoms with Gasteiger partial charge in [-0.25, -0.2) is 0 Å². The summed E-state index contributed by atoms with van der Waals surface area (Å²) in [6.07, 6.45) is 4.45. The highest BCUT2D eigenvalue weighted by molar-refractivity contribution is 5.89. The van der Waals surface area contributed by atoms with E-state index in [9.17, 15) is 9.59 Å². The Morgan fingerprint density at radius 2 is 2.00 bits per heavy atom. The van der Waals surface area contributed by atoms with Crippen molar-refractivity contribution in [3.8, 4) is 0 Å². The van der Waals surface area contributed by atoms with E-state index in [0.29, 0.717) is 6.42 Å². The SMILES string of the molecule is C=C(N[C@@H](C)c1ccccc1)[C@@H]1CCC2CCC[C@H](NC(=O)CN)C(=O)N21. The first kappa shape index (κ1) is 19.4. The molecule has 0 aromatic heterocycles. The molecule has 3 rings (SSSR count). The summed E-state index contributed by atoms with van der Waals surface area (Å²) in [6.45, 7) is 6.25. The van der Waals surface area contributed by atoms with Crippen molar-refractivity contribution in [2.24, 2.45) is 5.73 Å². The van der Waals surface area contributed by atoms with Crippen LogP contribution in [-0.4, -0.2) is 41.4 Å². The number of carbonyl (C=O) groups excluding carboxylic acids is 2. The van der Waals surface area contributed by atoms with E-state index in [1.165, 1.54) is 5.56 Å². The van der Waals surface area contributed by atoms with Crippen LogP contribution in [-0.2, 0) is 9.59 Å². The van der Waals surface area contributed by atoms with E-state index in [0.717, 1.165) is 31.4 Å². The molecule has 0 radical (unpaired) electrons. The molecule has 0 spiro atoms. The molecular weight excluding hydrogens is 340 g/mol. The van der Waals surface area contributed by atoms with Gasteiger partial charge in [0.1, 0.15) is 6.04 Å². The van der Waals surface area contributed by atoms with E-state index in [-0.39, 0.29) is 36.5 Å². The Hall–Kier alpha value is -2.34. The van der Waals surface area contributed by atoms with Crippen molar-refractivity contribution < 1.29 is 9.59 Å². The molecule has 4 N–H and O–H groups in total. The summed E-state index contributed by atoms with van der Waals surface area (Å²) in [5.41, 5.74) is 7.46. The molecular formula is C21H30N4O2. The van der Waals surface area contributed by atoms with Crippen LogP contribution in [0.15, 0.2) is 42.6 Å². The minimum Gasteiger partial charge on any atom is -0.381 e. The fourth-order valence-corrected chi connectivity index (χ4v) is 4.29. The van der Waals surface area contributed by atoms with Crippen LogP contribution in [0.3, 0.4) is 0 Å². The highest BCUT2D eigenvalue weighted by Gasteiger charge is 2.42. The Morgan fingerprint density at radius 3 is 2.70 bits per heavy atom. The van der Waals surface area contributed by atoms with Gasteiger partial charge in [0.05, 0.1) is 12.6 Å². The second-order valence-electron chi connectivity index (χ2n) is 7.55. The molecule has 2 saturated heterocycles. The molecule has 2 aliphatic rings. The van der Waals surface area contributed by atoms with Crippen molar-refractivity contribution >= 4 is 11.8 Å². The molecule has 2 fully saturated rings. The Balaban J connectivity index is 1.71. The Morgan fingerprint density at radius 1 is 1.26 bits per heavy atom. The Bertz CT molecular complexity index is 691. The number of carbonyl (C=O) groups is 2. The lowest BCUT2D eigenvalue weighted by Gasteiger charge is -2.33. The normalized spacial score (nSPS) is 26.1. The molecule has 146 valence electrons. The smallest absolute Gasteiger partial charge is 0.245 e. The van der Waals surface area contributed by atoms with Gasteiger partial charge in [-0.2, -0.15) is 0 Å². The lowest BCUT2D eigenvalue weighted by molar-refractivity contribution is -0.137. The summed E-state index contributed by atoms with van der Waals surface area (Å²) in [5, 5.41) is 6.27. The number of nitrogens with zero attached hydrogens (tertiary/aromatic N) is 1. The van der Waals surface area contributed by atoms with E-state index in [1.54, 1.807) is 0 Å². The third-order valence-corrected chi connectivity index (χ3v) is 5.71. The predicted octanol–water partition coefficient (Wildman–Crippen LogP) is 1.84. The first-order valence-corrected chi connectivity index (χ1v) is 9.83. The van der Waals surface area contributed by atoms with Crippen molar-refractivity contribution in [1.29, 1.82) is 0 Å². The second kappa shape index (κ2) is 8.57. The molecule has 1 aromatic rings. The predicted molar refractivity (Wildman–Crippen MR) is 106 cm³/mol. The van der Waals surface area contributed by atoms with Gasteiger partial charge in [-0.1, -0.05) is 36.9 Å². The first-order valence-electron chi connectivity index (χ1n) is 9.83. The van der Waals surface area contributed by atoms with Gasteiger partial charge in [0, 0.05) is 17.8 Å². The second-order valence-corrected chi connectivity index (χ2v) is 7.55. The fourth-order valence-electron chi connectivity index (χ4n) is 4.29. The zero-order chi connectivity index (χ0) is 19.4. The standard InChI is InChI=1S/C21H30N4O2/c1-14(16-7-4-3-5-8-16)23-15(2)19-12-11-17-9-6-10-18(21(27)25(17)19)24-20(26)13-22/h3-5,7-8,14,17-19,23H,2,6,9-13,22H2,1H3,(H,24,26)/t14-,17?,18-,19-/m0/s1. The zero-order valence-electron chi connectivity index (χ0n) is 16.0. The third kappa shape index (κ3) is 4.33. The number of fused-ring (bicyclic) bond motifs is 1. The number of nitrogens with one attached hydrogen (secondary N) is 2. The lowest BCUT2D eigenvalue weighted by Crippen LogP contribution is -2.53. The fraction of sp³-hybridized carbons (Fsp3) is 0.524. The van der Waals surface area contributed by atoms with Crippen LogP contribution in [0.5, 0.6) is 0 Å². The lowest BCUT2D eigenvalue weighted by atomic mass is 10.0. The van der Waals surface area contributed by atoms with Crippen molar-refractivity contribution in [3.05, 3.63) is 48.2 Å². The minimum atomic E-state index is -0.481. The van der Waals surface area contributed by atoms with Crippen LogP contribution < -0.4 is 16.4 Å². The van der Waals surface area contributed by atoms with Crippen LogP contribution in [0, 0.1) is 0 Å². The highest BCUT2D eigenvalue weighted by atomic mass is 16.2. The average molecular weight is 370 g/mol. The molecule has 6 heteroatoms. The summed E-state index contributed by atoms with van der Waals surface area (Å²) in [5.74, 6) is -0.283. The Kier molecular flexibility index (Phi) is 6.16. The molecule has 0 aliphatic carbocycles. The number of amides is 2. The van der Waals surface area contributed by atoms with Gasteiger partial charge in [0.15, 0.2) is 0 Å². The maximum atomic E-state index is 13.2. The van der Waals surface area contributed by atoms with Gasteiger partial charge in [0.25, 0.3) is 0 Å². The minimum absolute atomic E-state index is 0.00267. The van der Waals surface area contributed by atoms with Crippen LogP contribution in [0.2, 0.25) is 0 Å². The monoisotopic (exact) mass is 370 g/mol. The van der Waals surface area contributed by atoms with Gasteiger partial charge in [0.2, 0.25) is 11.8 Å². The molecule has 1 aromatic carbocycles. The molecule has 2 aliphatic heterocycles. The zero-order valence-corrected chi connectivity index (χ0v) is 16.0. The van der Waals surface area contributed by atoms with E-state index in [1.807, 2.05) is 23.1 Å². The molecule has 2 heterocycles. The summed E-state index contributed by atoms with van der Waals surface area (Å²) in [6, 6.07) is 10.0. The van der Waals surface area contributed by atoms with Gasteiger partial charge in [-0.15, -0.1) is 0 Å². The highest BCUT2D eigenvalue weighted by Crippen LogP contribution is 2.34. The molecule has 6 nitrogen and oxygen atoms in total. The maximum Gasteiger partial charge on any atom is 0.245 e. The van der Waals surface area contributed by atoms with Gasteiger partial charge >= 0.3 is 0 Å². The van der Waals surface area contributed by atoms with Gasteiger partial charge in [-0.3, -0.25) is 9.59 Å². The van der Waals surface area contributed by atoms with E-state index < -0.39 is 6.04 Å². The summed E-state index contributed by atoms with van der Waals surface area (Å²) in [7, 11) is 0. The van der Waals surface area contributed by atoms with Crippen molar-refractivity contribution in [1.82, 2.24) is 15.5 Å². The van der Waals surface area contributed by atoms with Crippen LogP contribution in [0.1, 0.15) is 50.6 Å². The number of hydrogen-bond donors (Lipinski definition) is 3. The van der Waals surface area contributed by atoms with Crippen molar-refractivity contribution in [3.63, 3.8) is 0 Å². The molecule has 27 heavy (non-hydrogen) atoms. The van der Waals surface area contributed by atoms with Gasteiger partial charge in [-0.05, 0) is 44.6 Å². The molecule has 1 unspecified atom stereocenters. The topological polar surface area (TPSA) is 87.5 Å². The number of hydrogen-bond acceptors (Lipinski definition) is 4. The molecule has 0 bridgehead atoms. The largest absolute Gasteiger partial charge is 0.381 e. The van der Waals surface area contributed by atoms with Crippen LogP contribution >= 0.6 is 0 Å². The number of benzene rings is 1. The molecule has 2 amide bonds. The summed E-state index contributed by atoms with van der Waals surface area (Å²) < 4.78 is 0. The Labute approximate surface area is 161 Å². The molecule has 0 saturated carbocycles. The van der Waals surface area contributed by atoms with Crippen molar-refractivity contribution in [2.45, 2.75) is 63.2 Å². The third-order valence-electron chi connectivity index (χ3n) is 5.71. The van der Waals surface area contributed by atoms with E-state index in [4.69, 9.17) is 5.73 Å². The molecule has 4 atom stereocenters. The number of nitrogens with two attached hydrogens (primary N) is 1. The van der Waals surface area contributed by atoms with E-state index in [2.05, 4.69) is 36.3 Å². The van der Waals surface area contributed by atoms with Crippen LogP contribution in [0.25, 0.3) is 0 Å². The van der Waals surface area contributed by atoms with Crippen molar-refractivity contribution in [2.75, 3.05) is 6.54 Å². The van der Waals surface area contributed by atoms with Crippen LogP contribution in [0.4, 0.5) is 0 Å². The van der Waals surface area contributed by atoms with Gasteiger partial charge < -0.3 is 21.3 Å². The summed E-state index contributed by atoms with van der Waals surface area (Å²) >= 11 is 0. The average Bonchev–Trinajstić information content (AvgIpc) is 3.04. The first-order chi connectivity index (χ1) is 13.0. The quantitative estimate of drug-likeness (QED) is 0.713. The number of rotatable bonds is 6.